The number of unbranched alkanes of at least 4 members (excludes halogenated alkanes) is 1. The molecule has 0 fully saturated rings. The average molecular weight is 186 g/mol. The van der Waals surface area contributed by atoms with E-state index in [1.807, 2.05) is 0 Å². The molecule has 0 heterocycles. The van der Waals surface area contributed by atoms with Crippen molar-refractivity contribution in [3.05, 3.63) is 12.2 Å². The molecule has 0 rings (SSSR count). The smallest absolute Gasteiger partial charge is 0.154 e. The van der Waals surface area contributed by atoms with Gasteiger partial charge in [0.05, 0.1) is 0 Å². The van der Waals surface area contributed by atoms with Gasteiger partial charge in [-0.2, -0.15) is 0 Å². The number of hydrogen-bond donors (Lipinski definition) is 0. The molecule has 1 heteroatoms. The Balaban J connectivity index is -0.000000125. The molecule has 0 saturated carbocycles. The van der Waals surface area contributed by atoms with Crippen LogP contribution in [0.2, 0.25) is 0 Å². The molecule has 0 amide bonds. The molecule has 0 aliphatic rings. The zero-order valence-electron chi connectivity index (χ0n) is 10.2. The van der Waals surface area contributed by atoms with Crippen molar-refractivity contribution in [1.82, 2.24) is 0 Å². The van der Waals surface area contributed by atoms with Crippen molar-refractivity contribution in [2.45, 2.75) is 60.8 Å². The van der Waals surface area contributed by atoms with Gasteiger partial charge in [-0.15, -0.1) is 0 Å². The van der Waals surface area contributed by atoms with Gasteiger partial charge in [0.25, 0.3) is 0 Å². The monoisotopic (exact) mass is 186 g/mol. The summed E-state index contributed by atoms with van der Waals surface area (Å²) in [6.45, 7) is 15.2. The standard InChI is InChI=1S/C5H8O.C4H10.C3H8/c1-4(2)5(3)6;1-3-4-2;1-3-2/h1H2,2-3H3;3-4H2,1-2H3;3H2,1-2H3. The summed E-state index contributed by atoms with van der Waals surface area (Å²) in [6.07, 6.45) is 3.89. The minimum absolute atomic E-state index is 0.0648. The molecule has 1 nitrogen and oxygen atoms in total. The lowest BCUT2D eigenvalue weighted by Gasteiger charge is -1.80. The van der Waals surface area contributed by atoms with Gasteiger partial charge in [0, 0.05) is 0 Å². The average Bonchev–Trinajstić information content (AvgIpc) is 2.06. The van der Waals surface area contributed by atoms with Crippen LogP contribution in [0.15, 0.2) is 12.2 Å². The summed E-state index contributed by atoms with van der Waals surface area (Å²) in [7, 11) is 0. The summed E-state index contributed by atoms with van der Waals surface area (Å²) in [4.78, 5) is 10.0. The van der Waals surface area contributed by atoms with E-state index in [2.05, 4.69) is 34.3 Å². The lowest BCUT2D eigenvalue weighted by molar-refractivity contribution is -0.113. The van der Waals surface area contributed by atoms with Crippen molar-refractivity contribution in [3.8, 4) is 0 Å². The van der Waals surface area contributed by atoms with E-state index in [0.717, 1.165) is 0 Å². The van der Waals surface area contributed by atoms with Gasteiger partial charge in [0.1, 0.15) is 0 Å². The van der Waals surface area contributed by atoms with E-state index in [4.69, 9.17) is 0 Å². The maximum Gasteiger partial charge on any atom is 0.154 e. The van der Waals surface area contributed by atoms with Gasteiger partial charge in [-0.05, 0) is 19.4 Å². The first kappa shape index (κ1) is 18.2. The van der Waals surface area contributed by atoms with Crippen LogP contribution >= 0.6 is 0 Å². The number of carbonyl (C=O) groups excluding carboxylic acids is 1. The molecule has 0 aromatic rings. The maximum absolute atomic E-state index is 10.0. The van der Waals surface area contributed by atoms with Crippen molar-refractivity contribution >= 4 is 5.78 Å². The van der Waals surface area contributed by atoms with Crippen LogP contribution in [0.25, 0.3) is 0 Å². The van der Waals surface area contributed by atoms with Crippen molar-refractivity contribution in [2.24, 2.45) is 0 Å². The Hall–Kier alpha value is -0.590. The first-order valence-corrected chi connectivity index (χ1v) is 5.14. The molecule has 0 aliphatic carbocycles. The topological polar surface area (TPSA) is 17.1 Å². The highest BCUT2D eigenvalue weighted by atomic mass is 16.1. The Morgan fingerprint density at radius 2 is 1.15 bits per heavy atom. The zero-order valence-corrected chi connectivity index (χ0v) is 10.2. The first-order chi connectivity index (χ1) is 5.97. The van der Waals surface area contributed by atoms with Gasteiger partial charge in [0.2, 0.25) is 0 Å². The number of rotatable bonds is 2. The molecule has 0 aromatic carbocycles. The quantitative estimate of drug-likeness (QED) is 0.585. The van der Waals surface area contributed by atoms with Crippen LogP contribution in [0.3, 0.4) is 0 Å². The lowest BCUT2D eigenvalue weighted by Crippen LogP contribution is -1.86. The van der Waals surface area contributed by atoms with Crippen LogP contribution in [0.1, 0.15) is 60.8 Å². The molecule has 0 aromatic heterocycles. The highest BCUT2D eigenvalue weighted by Crippen LogP contribution is 1.84. The molecule has 0 atom stereocenters. The number of allylic oxidation sites excluding steroid dienone is 1. The Labute approximate surface area is 84.2 Å². The molecule has 0 radical (unpaired) electrons. The van der Waals surface area contributed by atoms with Crippen molar-refractivity contribution < 1.29 is 4.79 Å². The molecule has 0 unspecified atom stereocenters. The normalized spacial score (nSPS) is 7.23. The van der Waals surface area contributed by atoms with Crippen LogP contribution < -0.4 is 0 Å². The Morgan fingerprint density at radius 1 is 1.00 bits per heavy atom. The fourth-order valence-corrected chi connectivity index (χ4v) is 0. The summed E-state index contributed by atoms with van der Waals surface area (Å²) in [5.41, 5.74) is 0.620. The van der Waals surface area contributed by atoms with Crippen molar-refractivity contribution in [1.29, 1.82) is 0 Å². The minimum Gasteiger partial charge on any atom is -0.295 e. The van der Waals surface area contributed by atoms with Gasteiger partial charge in [-0.3, -0.25) is 4.79 Å². The SMILES string of the molecule is C=C(C)C(C)=O.CCC.CCCC. The second-order valence-electron chi connectivity index (χ2n) is 3.04. The van der Waals surface area contributed by atoms with Gasteiger partial charge in [0.15, 0.2) is 5.78 Å². The van der Waals surface area contributed by atoms with Crippen LogP contribution in [0, 0.1) is 0 Å². The number of ketones is 1. The molecule has 0 saturated heterocycles. The predicted octanol–water partition coefficient (Wildman–Crippen LogP) is 4.37. The minimum atomic E-state index is 0.0648. The maximum atomic E-state index is 10.0. The molecule has 80 valence electrons. The van der Waals surface area contributed by atoms with Crippen LogP contribution in [0.5, 0.6) is 0 Å². The van der Waals surface area contributed by atoms with E-state index in [-0.39, 0.29) is 5.78 Å². The summed E-state index contributed by atoms with van der Waals surface area (Å²) >= 11 is 0. The van der Waals surface area contributed by atoms with E-state index in [9.17, 15) is 4.79 Å². The lowest BCUT2D eigenvalue weighted by atomic mass is 10.3. The predicted molar refractivity (Wildman–Crippen MR) is 62.0 cm³/mol. The van der Waals surface area contributed by atoms with Crippen molar-refractivity contribution in [3.63, 3.8) is 0 Å². The fraction of sp³-hybridized carbons (Fsp3) is 0.750. The Kier molecular flexibility index (Phi) is 24.5. The summed E-state index contributed by atoms with van der Waals surface area (Å²) in [6, 6.07) is 0. The first-order valence-electron chi connectivity index (χ1n) is 5.14. The van der Waals surface area contributed by atoms with Gasteiger partial charge in [-0.25, -0.2) is 0 Å². The highest BCUT2D eigenvalue weighted by Gasteiger charge is 1.85. The molecule has 0 spiro atoms. The van der Waals surface area contributed by atoms with Gasteiger partial charge >= 0.3 is 0 Å². The third kappa shape index (κ3) is 52.0. The molecule has 13 heavy (non-hydrogen) atoms. The molecule has 0 bridgehead atoms. The number of hydrogen-bond acceptors (Lipinski definition) is 1. The zero-order chi connectivity index (χ0) is 11.3. The highest BCUT2D eigenvalue weighted by molar-refractivity contribution is 5.91. The second-order valence-corrected chi connectivity index (χ2v) is 3.04. The van der Waals surface area contributed by atoms with Crippen LogP contribution in [-0.2, 0) is 4.79 Å². The molecular weight excluding hydrogens is 160 g/mol. The van der Waals surface area contributed by atoms with E-state index >= 15 is 0 Å². The number of Topliss-reactive ketones (excluding diaryl/α,β-unsaturated/α-hetero) is 1. The summed E-state index contributed by atoms with van der Waals surface area (Å²) < 4.78 is 0. The van der Waals surface area contributed by atoms with Gasteiger partial charge in [-0.1, -0.05) is 53.5 Å². The van der Waals surface area contributed by atoms with E-state index < -0.39 is 0 Å². The van der Waals surface area contributed by atoms with Crippen LogP contribution in [0.4, 0.5) is 0 Å². The van der Waals surface area contributed by atoms with E-state index in [1.54, 1.807) is 6.92 Å². The Bertz CT molecular complexity index is 100. The summed E-state index contributed by atoms with van der Waals surface area (Å²) in [5.74, 6) is 0.0648. The third-order valence-electron chi connectivity index (χ3n) is 1.10. The second kappa shape index (κ2) is 17.5. The number of carbonyl (C=O) groups is 1. The largest absolute Gasteiger partial charge is 0.295 e. The van der Waals surface area contributed by atoms with E-state index in [1.165, 1.54) is 26.2 Å². The Morgan fingerprint density at radius 3 is 1.15 bits per heavy atom. The fourth-order valence-electron chi connectivity index (χ4n) is 0. The van der Waals surface area contributed by atoms with Gasteiger partial charge < -0.3 is 0 Å². The molecule has 0 aliphatic heterocycles. The summed E-state index contributed by atoms with van der Waals surface area (Å²) in [5, 5.41) is 0. The third-order valence-corrected chi connectivity index (χ3v) is 1.10. The van der Waals surface area contributed by atoms with Crippen LogP contribution in [-0.4, -0.2) is 5.78 Å². The van der Waals surface area contributed by atoms with Crippen molar-refractivity contribution in [2.75, 3.05) is 0 Å². The van der Waals surface area contributed by atoms with E-state index in [0.29, 0.717) is 5.57 Å². The molecule has 0 N–H and O–H groups in total. The molecular formula is C12H26O.